The number of ether oxygens (including phenoxy) is 1. The zero-order valence-electron chi connectivity index (χ0n) is 19.0. The number of aryl methyl sites for hydroxylation is 2. The molecule has 5 nitrogen and oxygen atoms in total. The molecule has 0 unspecified atom stereocenters. The van der Waals surface area contributed by atoms with Crippen molar-refractivity contribution in [2.24, 2.45) is 0 Å². The predicted octanol–water partition coefficient (Wildman–Crippen LogP) is 5.51. The second kappa shape index (κ2) is 10.0. The van der Waals surface area contributed by atoms with Crippen LogP contribution in [0.4, 0.5) is 0 Å². The molecule has 2 aromatic heterocycles. The molecule has 4 rings (SSSR count). The van der Waals surface area contributed by atoms with E-state index in [1.807, 2.05) is 59.2 Å². The van der Waals surface area contributed by atoms with Crippen molar-refractivity contribution in [1.82, 2.24) is 9.55 Å². The smallest absolute Gasteiger partial charge is 0.337 e. The van der Waals surface area contributed by atoms with Crippen LogP contribution < -0.4 is 5.56 Å². The normalized spacial score (nSPS) is 11.0. The van der Waals surface area contributed by atoms with E-state index in [9.17, 15) is 9.59 Å². The van der Waals surface area contributed by atoms with Crippen molar-refractivity contribution in [2.75, 3.05) is 7.11 Å². The van der Waals surface area contributed by atoms with E-state index in [1.165, 1.54) is 18.9 Å². The number of hydrogen-bond acceptors (Lipinski definition) is 5. The Hall–Kier alpha value is -3.38. The van der Waals surface area contributed by atoms with Gasteiger partial charge in [-0.15, -0.1) is 0 Å². The summed E-state index contributed by atoms with van der Waals surface area (Å²) in [6.45, 7) is 4.56. The second-order valence-corrected chi connectivity index (χ2v) is 8.82. The lowest BCUT2D eigenvalue weighted by Crippen LogP contribution is -2.23. The fraction of sp³-hybridized carbons (Fsp3) is 0.222. The predicted molar refractivity (Wildman–Crippen MR) is 132 cm³/mol. The number of pyridine rings is 2. The first-order chi connectivity index (χ1) is 16.0. The average Bonchev–Trinajstić information content (AvgIpc) is 2.86. The number of carbonyl (C=O) groups is 1. The molecule has 168 valence electrons. The molecule has 0 saturated carbocycles. The van der Waals surface area contributed by atoms with Gasteiger partial charge in [0.15, 0.2) is 0 Å². The van der Waals surface area contributed by atoms with E-state index < -0.39 is 0 Å². The van der Waals surface area contributed by atoms with Gasteiger partial charge in [0.2, 0.25) is 0 Å². The van der Waals surface area contributed by atoms with Gasteiger partial charge < -0.3 is 9.30 Å². The summed E-state index contributed by atoms with van der Waals surface area (Å²) < 4.78 is 6.62. The molecule has 33 heavy (non-hydrogen) atoms. The summed E-state index contributed by atoms with van der Waals surface area (Å²) in [6.07, 6.45) is 1.58. The maximum Gasteiger partial charge on any atom is 0.337 e. The minimum Gasteiger partial charge on any atom is -0.465 e. The first-order valence-electron chi connectivity index (χ1n) is 11.0. The highest BCUT2D eigenvalue weighted by Gasteiger charge is 2.15. The summed E-state index contributed by atoms with van der Waals surface area (Å²) in [6, 6.07) is 21.1. The Morgan fingerprint density at radius 3 is 2.36 bits per heavy atom. The number of rotatable bonds is 7. The monoisotopic (exact) mass is 458 g/mol. The first-order valence-corrected chi connectivity index (χ1v) is 11.8. The van der Waals surface area contributed by atoms with Crippen molar-refractivity contribution in [3.8, 4) is 0 Å². The lowest BCUT2D eigenvalue weighted by atomic mass is 10.1. The summed E-state index contributed by atoms with van der Waals surface area (Å²) in [5.41, 5.74) is 4.23. The van der Waals surface area contributed by atoms with E-state index in [2.05, 4.69) is 13.8 Å². The number of benzene rings is 2. The molecule has 0 saturated heterocycles. The molecule has 0 amide bonds. The molecule has 2 heterocycles. The van der Waals surface area contributed by atoms with Crippen LogP contribution in [0.5, 0.6) is 0 Å². The zero-order chi connectivity index (χ0) is 23.4. The highest BCUT2D eigenvalue weighted by Crippen LogP contribution is 2.29. The summed E-state index contributed by atoms with van der Waals surface area (Å²) in [5.74, 6) is -0.378. The third-order valence-corrected chi connectivity index (χ3v) is 6.60. The maximum atomic E-state index is 13.7. The maximum absolute atomic E-state index is 13.7. The van der Waals surface area contributed by atoms with Crippen molar-refractivity contribution < 1.29 is 9.53 Å². The summed E-state index contributed by atoms with van der Waals surface area (Å²) in [7, 11) is 1.36. The molecular formula is C27H26N2O3S. The van der Waals surface area contributed by atoms with Gasteiger partial charge >= 0.3 is 5.97 Å². The Bertz CT molecular complexity index is 1350. The van der Waals surface area contributed by atoms with Crippen molar-refractivity contribution in [1.29, 1.82) is 0 Å². The number of esters is 1. The quantitative estimate of drug-likeness (QED) is 0.342. The van der Waals surface area contributed by atoms with Gasteiger partial charge in [0.05, 0.1) is 29.6 Å². The van der Waals surface area contributed by atoms with E-state index in [0.29, 0.717) is 17.0 Å². The molecule has 6 heteroatoms. The lowest BCUT2D eigenvalue weighted by Gasteiger charge is -2.16. The van der Waals surface area contributed by atoms with Gasteiger partial charge in [-0.05, 0) is 54.8 Å². The van der Waals surface area contributed by atoms with Gasteiger partial charge in [0, 0.05) is 21.7 Å². The number of aromatic nitrogens is 2. The highest BCUT2D eigenvalue weighted by molar-refractivity contribution is 7.99. The molecule has 0 N–H and O–H groups in total. The summed E-state index contributed by atoms with van der Waals surface area (Å²) in [5, 5.41) is 0.999. The molecule has 0 fully saturated rings. The number of fused-ring (bicyclic) bond motifs is 1. The van der Waals surface area contributed by atoms with Crippen molar-refractivity contribution >= 4 is 28.6 Å². The van der Waals surface area contributed by atoms with Crippen molar-refractivity contribution in [3.05, 3.63) is 99.6 Å². The van der Waals surface area contributed by atoms with Gasteiger partial charge in [0.25, 0.3) is 5.56 Å². The van der Waals surface area contributed by atoms with E-state index in [4.69, 9.17) is 9.72 Å². The van der Waals surface area contributed by atoms with Crippen LogP contribution in [0.3, 0.4) is 0 Å². The Kier molecular flexibility index (Phi) is 6.94. The Labute approximate surface area is 197 Å². The number of carbonyl (C=O) groups excluding carboxylic acids is 1. The van der Waals surface area contributed by atoms with E-state index in [-0.39, 0.29) is 11.5 Å². The highest BCUT2D eigenvalue weighted by atomic mass is 32.2. The molecule has 0 radical (unpaired) electrons. The van der Waals surface area contributed by atoms with E-state index in [0.717, 1.165) is 45.6 Å². The van der Waals surface area contributed by atoms with Crippen LogP contribution in [0.1, 0.15) is 41.2 Å². The third-order valence-electron chi connectivity index (χ3n) is 5.57. The molecule has 0 spiro atoms. The van der Waals surface area contributed by atoms with Crippen LogP contribution in [0.15, 0.2) is 81.3 Å². The van der Waals surface area contributed by atoms with Crippen molar-refractivity contribution in [3.63, 3.8) is 0 Å². The summed E-state index contributed by atoms with van der Waals surface area (Å²) in [4.78, 5) is 32.0. The van der Waals surface area contributed by atoms with Gasteiger partial charge in [0.1, 0.15) is 0 Å². The topological polar surface area (TPSA) is 61.2 Å². The fourth-order valence-corrected chi connectivity index (χ4v) is 4.73. The molecule has 0 aliphatic heterocycles. The van der Waals surface area contributed by atoms with Gasteiger partial charge in [-0.3, -0.25) is 9.78 Å². The molecule has 0 aliphatic carbocycles. The Morgan fingerprint density at radius 1 is 1.00 bits per heavy atom. The second-order valence-electron chi connectivity index (χ2n) is 7.70. The Morgan fingerprint density at radius 2 is 1.73 bits per heavy atom. The molecule has 0 bridgehead atoms. The van der Waals surface area contributed by atoms with Gasteiger partial charge in [-0.25, -0.2) is 4.79 Å². The van der Waals surface area contributed by atoms with Gasteiger partial charge in [-0.1, -0.05) is 55.9 Å². The molecule has 0 atom stereocenters. The fourth-order valence-electron chi connectivity index (χ4n) is 3.81. The molecule has 4 aromatic rings. The van der Waals surface area contributed by atoms with Crippen molar-refractivity contribution in [2.45, 2.75) is 43.0 Å². The number of nitrogens with zero attached hydrogens (tertiary/aromatic N) is 2. The zero-order valence-corrected chi connectivity index (χ0v) is 19.8. The van der Waals surface area contributed by atoms with Crippen LogP contribution in [0.25, 0.3) is 10.9 Å². The molecule has 2 aromatic carbocycles. The standard InChI is InChI=1S/C27H26N2O3S/c1-4-20-15-24-22(23(5-2)28-20)16-25(33-21-9-7-6-8-10-21)26(30)29(24)17-18-11-13-19(14-12-18)27(31)32-3/h6-16H,4-5,17H2,1-3H3. The Balaban J connectivity index is 1.87. The lowest BCUT2D eigenvalue weighted by molar-refractivity contribution is 0.0600. The van der Waals surface area contributed by atoms with Crippen LogP contribution >= 0.6 is 11.8 Å². The summed E-state index contributed by atoms with van der Waals surface area (Å²) >= 11 is 1.47. The first kappa shape index (κ1) is 22.8. The molecular weight excluding hydrogens is 432 g/mol. The molecule has 0 aliphatic rings. The third kappa shape index (κ3) is 4.86. The number of methoxy groups -OCH3 is 1. The van der Waals surface area contributed by atoms with Crippen LogP contribution in [0.2, 0.25) is 0 Å². The van der Waals surface area contributed by atoms with Crippen LogP contribution in [0, 0.1) is 0 Å². The van der Waals surface area contributed by atoms with Gasteiger partial charge in [-0.2, -0.15) is 0 Å². The number of hydrogen-bond donors (Lipinski definition) is 0. The average molecular weight is 459 g/mol. The SMILES string of the molecule is CCc1cc2c(cc(Sc3ccccc3)c(=O)n2Cc2ccc(C(=O)OC)cc2)c(CC)n1. The minimum absolute atomic E-state index is 0.0382. The van der Waals surface area contributed by atoms with E-state index >= 15 is 0 Å². The van der Waals surface area contributed by atoms with Crippen LogP contribution in [-0.4, -0.2) is 22.6 Å². The minimum atomic E-state index is -0.378. The van der Waals surface area contributed by atoms with Crippen LogP contribution in [-0.2, 0) is 24.1 Å². The van der Waals surface area contributed by atoms with E-state index in [1.54, 1.807) is 12.1 Å². The largest absolute Gasteiger partial charge is 0.465 e.